The summed E-state index contributed by atoms with van der Waals surface area (Å²) in [5.41, 5.74) is 1.51. The number of carbonyl (C=O) groups excluding carboxylic acids is 2. The van der Waals surface area contributed by atoms with Crippen LogP contribution in [0.25, 0.3) is 11.0 Å². The van der Waals surface area contributed by atoms with Crippen molar-refractivity contribution in [3.63, 3.8) is 0 Å². The van der Waals surface area contributed by atoms with Gasteiger partial charge in [0.25, 0.3) is 0 Å². The minimum atomic E-state index is -0.575. The molecule has 1 atom stereocenters. The average molecular weight is 401 g/mol. The average Bonchev–Trinajstić information content (AvgIpc) is 3.04. The van der Waals surface area contributed by atoms with Gasteiger partial charge in [0.15, 0.2) is 0 Å². The molecule has 1 fully saturated rings. The summed E-state index contributed by atoms with van der Waals surface area (Å²) in [4.78, 5) is 31.6. The quantitative estimate of drug-likeness (QED) is 0.833. The molecule has 0 radical (unpaired) electrons. The molecule has 2 aromatic rings. The molecule has 158 valence electrons. The van der Waals surface area contributed by atoms with Crippen LogP contribution in [0.4, 0.5) is 4.79 Å². The van der Waals surface area contributed by atoms with Crippen LogP contribution >= 0.6 is 0 Å². The number of rotatable bonds is 5. The van der Waals surface area contributed by atoms with Crippen molar-refractivity contribution >= 4 is 23.0 Å². The number of aromatic nitrogens is 2. The van der Waals surface area contributed by atoms with E-state index < -0.39 is 17.7 Å². The highest BCUT2D eigenvalue weighted by Crippen LogP contribution is 2.21. The van der Waals surface area contributed by atoms with Crippen molar-refractivity contribution in [1.82, 2.24) is 19.8 Å². The van der Waals surface area contributed by atoms with E-state index >= 15 is 0 Å². The van der Waals surface area contributed by atoms with E-state index in [4.69, 9.17) is 9.72 Å². The zero-order valence-electron chi connectivity index (χ0n) is 17.9. The fourth-order valence-electron chi connectivity index (χ4n) is 3.83. The van der Waals surface area contributed by atoms with Gasteiger partial charge in [0.2, 0.25) is 5.91 Å². The molecule has 0 saturated carbocycles. The predicted molar refractivity (Wildman–Crippen MR) is 113 cm³/mol. The first-order valence-electron chi connectivity index (χ1n) is 10.5. The van der Waals surface area contributed by atoms with Gasteiger partial charge < -0.3 is 14.6 Å². The van der Waals surface area contributed by atoms with Crippen LogP contribution in [0.15, 0.2) is 24.3 Å². The van der Waals surface area contributed by atoms with Gasteiger partial charge in [-0.25, -0.2) is 9.78 Å². The van der Waals surface area contributed by atoms with Crippen molar-refractivity contribution in [1.29, 1.82) is 0 Å². The summed E-state index contributed by atoms with van der Waals surface area (Å²) >= 11 is 0. The first-order chi connectivity index (χ1) is 13.8. The van der Waals surface area contributed by atoms with Gasteiger partial charge in [-0.15, -0.1) is 0 Å². The Bertz CT molecular complexity index is 869. The second-order valence-corrected chi connectivity index (χ2v) is 8.49. The molecule has 1 N–H and O–H groups in total. The fraction of sp³-hybridized carbons (Fsp3) is 0.591. The van der Waals surface area contributed by atoms with Gasteiger partial charge in [-0.3, -0.25) is 9.69 Å². The molecule has 0 bridgehead atoms. The summed E-state index contributed by atoms with van der Waals surface area (Å²) in [6, 6.07) is 7.59. The van der Waals surface area contributed by atoms with Gasteiger partial charge in [0.05, 0.1) is 11.0 Å². The van der Waals surface area contributed by atoms with Crippen LogP contribution in [0.3, 0.4) is 0 Å². The van der Waals surface area contributed by atoms with Crippen molar-refractivity contribution in [3.8, 4) is 0 Å². The van der Waals surface area contributed by atoms with Gasteiger partial charge >= 0.3 is 6.09 Å². The minimum Gasteiger partial charge on any atom is -0.444 e. The van der Waals surface area contributed by atoms with Gasteiger partial charge in [-0.2, -0.15) is 0 Å². The van der Waals surface area contributed by atoms with Gasteiger partial charge in [0.1, 0.15) is 17.5 Å². The molecule has 1 aromatic heterocycles. The number of nitrogens with one attached hydrogen (secondary N) is 1. The molecular formula is C22H32N4O3. The van der Waals surface area contributed by atoms with Gasteiger partial charge in [0, 0.05) is 26.1 Å². The number of fused-ring (bicyclic) bond motifs is 1. The number of hydrogen-bond donors (Lipinski definition) is 1. The smallest absolute Gasteiger partial charge is 0.410 e. The minimum absolute atomic E-state index is 0.116. The summed E-state index contributed by atoms with van der Waals surface area (Å²) in [7, 11) is 0. The number of nitrogens with zero attached hydrogens (tertiary/aromatic N) is 3. The van der Waals surface area contributed by atoms with Crippen molar-refractivity contribution < 1.29 is 14.3 Å². The Morgan fingerprint density at radius 2 is 2.00 bits per heavy atom. The molecule has 1 aliphatic rings. The first kappa shape index (κ1) is 21.1. The molecule has 0 spiro atoms. The van der Waals surface area contributed by atoms with Crippen molar-refractivity contribution in [2.75, 3.05) is 13.1 Å². The lowest BCUT2D eigenvalue weighted by Gasteiger charge is -2.35. The van der Waals surface area contributed by atoms with E-state index in [0.717, 1.165) is 36.2 Å². The van der Waals surface area contributed by atoms with Crippen LogP contribution < -0.4 is 5.32 Å². The second-order valence-electron chi connectivity index (χ2n) is 8.49. The molecule has 1 saturated heterocycles. The number of piperidine rings is 1. The SMILES string of the molecule is CCn1c(CCNC(=O)[C@H]2CCCCN2C(=O)OC(C)(C)C)nc2ccccc21. The normalized spacial score (nSPS) is 17.4. The van der Waals surface area contributed by atoms with Crippen LogP contribution in [0.1, 0.15) is 52.8 Å². The van der Waals surface area contributed by atoms with E-state index in [2.05, 4.69) is 22.9 Å². The van der Waals surface area contributed by atoms with E-state index in [-0.39, 0.29) is 5.91 Å². The standard InChI is InChI=1S/C22H32N4O3/c1-5-25-17-11-7-6-10-16(17)24-19(25)13-14-23-20(27)18-12-8-9-15-26(18)21(28)29-22(2,3)4/h6-7,10-11,18H,5,8-9,12-15H2,1-4H3,(H,23,27)/t18-/m1/s1. The largest absolute Gasteiger partial charge is 0.444 e. The van der Waals surface area contributed by atoms with Crippen LogP contribution in [0.2, 0.25) is 0 Å². The van der Waals surface area contributed by atoms with E-state index in [1.165, 1.54) is 0 Å². The number of aryl methyl sites for hydroxylation is 1. The first-order valence-corrected chi connectivity index (χ1v) is 10.5. The van der Waals surface area contributed by atoms with Gasteiger partial charge in [-0.1, -0.05) is 12.1 Å². The third-order valence-corrected chi connectivity index (χ3v) is 5.13. The number of hydrogen-bond acceptors (Lipinski definition) is 4. The molecule has 0 unspecified atom stereocenters. The highest BCUT2D eigenvalue weighted by molar-refractivity contribution is 5.86. The Morgan fingerprint density at radius 3 is 2.72 bits per heavy atom. The summed E-state index contributed by atoms with van der Waals surface area (Å²) in [5, 5.41) is 3.00. The third kappa shape index (κ3) is 5.08. The van der Waals surface area contributed by atoms with Crippen LogP contribution in [-0.2, 0) is 22.5 Å². The Balaban J connectivity index is 1.61. The second kappa shape index (κ2) is 8.84. The van der Waals surface area contributed by atoms with E-state index in [1.807, 2.05) is 39.0 Å². The summed E-state index contributed by atoms with van der Waals surface area (Å²) in [6.07, 6.45) is 2.73. The van der Waals surface area contributed by atoms with Crippen molar-refractivity contribution in [2.45, 2.75) is 71.6 Å². The molecular weight excluding hydrogens is 368 g/mol. The molecule has 29 heavy (non-hydrogen) atoms. The van der Waals surface area contributed by atoms with Crippen molar-refractivity contribution in [2.24, 2.45) is 0 Å². The summed E-state index contributed by atoms with van der Waals surface area (Å²) in [6.45, 7) is 9.48. The number of imidazole rings is 1. The zero-order chi connectivity index (χ0) is 21.0. The molecule has 2 heterocycles. The molecule has 7 heteroatoms. The van der Waals surface area contributed by atoms with E-state index in [9.17, 15) is 9.59 Å². The molecule has 2 amide bonds. The highest BCUT2D eigenvalue weighted by Gasteiger charge is 2.34. The maximum absolute atomic E-state index is 12.8. The molecule has 1 aliphatic heterocycles. The molecule has 0 aliphatic carbocycles. The Hall–Kier alpha value is -2.57. The maximum Gasteiger partial charge on any atom is 0.410 e. The number of carbonyl (C=O) groups is 2. The predicted octanol–water partition coefficient (Wildman–Crippen LogP) is 3.50. The van der Waals surface area contributed by atoms with Crippen LogP contribution in [-0.4, -0.2) is 51.2 Å². The van der Waals surface area contributed by atoms with Gasteiger partial charge in [-0.05, 0) is 59.1 Å². The number of likely N-dealkylation sites (tertiary alicyclic amines) is 1. The van der Waals surface area contributed by atoms with Crippen molar-refractivity contribution in [3.05, 3.63) is 30.1 Å². The Kier molecular flexibility index (Phi) is 6.45. The zero-order valence-corrected chi connectivity index (χ0v) is 17.9. The van der Waals surface area contributed by atoms with Crippen LogP contribution in [0.5, 0.6) is 0 Å². The summed E-state index contributed by atoms with van der Waals surface area (Å²) in [5.74, 6) is 0.844. The number of benzene rings is 1. The lowest BCUT2D eigenvalue weighted by atomic mass is 10.0. The number of ether oxygens (including phenoxy) is 1. The number of para-hydroxylation sites is 2. The monoisotopic (exact) mass is 400 g/mol. The Labute approximate surface area is 172 Å². The lowest BCUT2D eigenvalue weighted by molar-refractivity contribution is -0.127. The molecule has 7 nitrogen and oxygen atoms in total. The third-order valence-electron chi connectivity index (χ3n) is 5.13. The summed E-state index contributed by atoms with van der Waals surface area (Å²) < 4.78 is 7.66. The molecule has 1 aromatic carbocycles. The lowest BCUT2D eigenvalue weighted by Crippen LogP contribution is -2.53. The van der Waals surface area contributed by atoms with E-state index in [0.29, 0.717) is 25.9 Å². The van der Waals surface area contributed by atoms with Crippen LogP contribution in [0, 0.1) is 0 Å². The highest BCUT2D eigenvalue weighted by atomic mass is 16.6. The maximum atomic E-state index is 12.8. The Morgan fingerprint density at radius 1 is 1.24 bits per heavy atom. The topological polar surface area (TPSA) is 76.5 Å². The molecule has 3 rings (SSSR count). The fourth-order valence-corrected chi connectivity index (χ4v) is 3.83. The van der Waals surface area contributed by atoms with E-state index in [1.54, 1.807) is 4.90 Å². The number of amides is 2.